The molecule has 1 aromatic heterocycles. The monoisotopic (exact) mass is 238 g/mol. The normalized spacial score (nSPS) is 9.31. The average molecular weight is 239 g/mol. The van der Waals surface area contributed by atoms with Crippen LogP contribution in [0.1, 0.15) is 0 Å². The van der Waals surface area contributed by atoms with Crippen molar-refractivity contribution < 1.29 is 0 Å². The quantitative estimate of drug-likeness (QED) is 0.611. The van der Waals surface area contributed by atoms with Gasteiger partial charge in [-0.15, -0.1) is 6.58 Å². The maximum Gasteiger partial charge on any atom is 0.232 e. The Morgan fingerprint density at radius 3 is 2.88 bits per heavy atom. The predicted molar refractivity (Wildman–Crippen MR) is 62.4 cm³/mol. The number of aromatic nitrogens is 3. The molecule has 1 aromatic rings. The van der Waals surface area contributed by atoms with Crippen LogP contribution in [0.15, 0.2) is 12.7 Å². The van der Waals surface area contributed by atoms with Crippen LogP contribution >= 0.6 is 11.6 Å². The van der Waals surface area contributed by atoms with Gasteiger partial charge in [0.1, 0.15) is 6.54 Å². The van der Waals surface area contributed by atoms with Gasteiger partial charge in [-0.05, 0) is 11.6 Å². The van der Waals surface area contributed by atoms with Crippen LogP contribution in [-0.2, 0) is 0 Å². The standard InChI is InChI=1S/C9H11ClN6/c1-3-5-16(6-4-11)9-14-7(10)13-8(12-2)15-9/h3H,1,5-6H2,2H3,(H,12,13,14,15). The zero-order chi connectivity index (χ0) is 12.0. The summed E-state index contributed by atoms with van der Waals surface area (Å²) in [4.78, 5) is 13.5. The predicted octanol–water partition coefficient (Wildman–Crippen LogP) is 1.08. The fourth-order valence-corrected chi connectivity index (χ4v) is 1.21. The van der Waals surface area contributed by atoms with Crippen LogP contribution in [0.3, 0.4) is 0 Å². The lowest BCUT2D eigenvalue weighted by molar-refractivity contribution is 0.877. The molecule has 0 aliphatic rings. The van der Waals surface area contributed by atoms with Gasteiger partial charge < -0.3 is 10.2 Å². The van der Waals surface area contributed by atoms with Crippen LogP contribution in [0.2, 0.25) is 5.28 Å². The number of hydrogen-bond acceptors (Lipinski definition) is 6. The molecule has 0 fully saturated rings. The van der Waals surface area contributed by atoms with E-state index in [-0.39, 0.29) is 11.8 Å². The zero-order valence-corrected chi connectivity index (χ0v) is 9.57. The van der Waals surface area contributed by atoms with Crippen LogP contribution in [0.4, 0.5) is 11.9 Å². The van der Waals surface area contributed by atoms with Crippen molar-refractivity contribution >= 4 is 23.5 Å². The molecule has 0 spiro atoms. The largest absolute Gasteiger partial charge is 0.357 e. The molecular formula is C9H11ClN6. The molecule has 0 aliphatic heterocycles. The van der Waals surface area contributed by atoms with Crippen molar-refractivity contribution in [2.75, 3.05) is 30.4 Å². The molecule has 1 heterocycles. The molecule has 1 rings (SSSR count). The molecule has 0 bridgehead atoms. The summed E-state index contributed by atoms with van der Waals surface area (Å²) < 4.78 is 0. The highest BCUT2D eigenvalue weighted by molar-refractivity contribution is 6.28. The number of halogens is 1. The van der Waals surface area contributed by atoms with Crippen LogP contribution in [0.5, 0.6) is 0 Å². The van der Waals surface area contributed by atoms with Gasteiger partial charge in [-0.3, -0.25) is 0 Å². The maximum atomic E-state index is 8.67. The Kier molecular flexibility index (Phi) is 4.48. The van der Waals surface area contributed by atoms with Gasteiger partial charge in [-0.2, -0.15) is 20.2 Å². The van der Waals surface area contributed by atoms with E-state index in [1.165, 1.54) is 0 Å². The van der Waals surface area contributed by atoms with E-state index in [4.69, 9.17) is 16.9 Å². The molecule has 1 N–H and O–H groups in total. The van der Waals surface area contributed by atoms with Gasteiger partial charge in [0.2, 0.25) is 17.2 Å². The van der Waals surface area contributed by atoms with Crippen molar-refractivity contribution in [1.82, 2.24) is 15.0 Å². The first-order valence-electron chi connectivity index (χ1n) is 4.53. The van der Waals surface area contributed by atoms with Crippen LogP contribution in [-0.4, -0.2) is 35.1 Å². The van der Waals surface area contributed by atoms with Crippen molar-refractivity contribution in [2.45, 2.75) is 0 Å². The van der Waals surface area contributed by atoms with E-state index in [0.717, 1.165) is 0 Å². The molecule has 0 saturated carbocycles. The average Bonchev–Trinajstić information content (AvgIpc) is 2.28. The second-order valence-corrected chi connectivity index (χ2v) is 3.14. The number of nitrogens with one attached hydrogen (secondary N) is 1. The summed E-state index contributed by atoms with van der Waals surface area (Å²) in [5, 5.41) is 11.5. The van der Waals surface area contributed by atoms with E-state index >= 15 is 0 Å². The van der Waals surface area contributed by atoms with E-state index in [1.54, 1.807) is 18.0 Å². The third-order valence-corrected chi connectivity index (χ3v) is 1.88. The smallest absolute Gasteiger partial charge is 0.232 e. The minimum atomic E-state index is 0.0846. The van der Waals surface area contributed by atoms with Crippen molar-refractivity contribution in [3.8, 4) is 6.07 Å². The van der Waals surface area contributed by atoms with Crippen LogP contribution in [0.25, 0.3) is 0 Å². The minimum absolute atomic E-state index is 0.0846. The minimum Gasteiger partial charge on any atom is -0.357 e. The van der Waals surface area contributed by atoms with Gasteiger partial charge in [-0.1, -0.05) is 6.08 Å². The van der Waals surface area contributed by atoms with Gasteiger partial charge in [0.25, 0.3) is 0 Å². The molecular weight excluding hydrogens is 228 g/mol. The lowest BCUT2D eigenvalue weighted by atomic mass is 10.5. The van der Waals surface area contributed by atoms with Crippen molar-refractivity contribution in [3.05, 3.63) is 17.9 Å². The highest BCUT2D eigenvalue weighted by Crippen LogP contribution is 2.12. The fourth-order valence-electron chi connectivity index (χ4n) is 1.05. The van der Waals surface area contributed by atoms with E-state index in [2.05, 4.69) is 26.8 Å². The van der Waals surface area contributed by atoms with Crippen molar-refractivity contribution in [3.63, 3.8) is 0 Å². The Labute approximate surface area is 98.6 Å². The van der Waals surface area contributed by atoms with E-state index in [1.807, 2.05) is 6.07 Å². The molecule has 0 saturated heterocycles. The summed E-state index contributed by atoms with van der Waals surface area (Å²) in [7, 11) is 1.68. The Balaban J connectivity index is 3.03. The molecule has 6 nitrogen and oxygen atoms in total. The Bertz CT molecular complexity index is 413. The first kappa shape index (κ1) is 12.2. The number of anilines is 2. The maximum absolute atomic E-state index is 8.67. The summed E-state index contributed by atoms with van der Waals surface area (Å²) in [6, 6.07) is 2.02. The second-order valence-electron chi connectivity index (χ2n) is 2.81. The van der Waals surface area contributed by atoms with E-state index < -0.39 is 0 Å². The number of nitrogens with zero attached hydrogens (tertiary/aromatic N) is 5. The first-order valence-corrected chi connectivity index (χ1v) is 4.91. The topological polar surface area (TPSA) is 77.7 Å². The molecule has 0 aromatic carbocycles. The molecule has 0 unspecified atom stereocenters. The second kappa shape index (κ2) is 5.88. The summed E-state index contributed by atoms with van der Waals surface area (Å²) in [6.45, 7) is 4.23. The Morgan fingerprint density at radius 1 is 1.56 bits per heavy atom. The van der Waals surface area contributed by atoms with Crippen LogP contribution < -0.4 is 10.2 Å². The Morgan fingerprint density at radius 2 is 2.31 bits per heavy atom. The van der Waals surface area contributed by atoms with E-state index in [9.17, 15) is 0 Å². The third-order valence-electron chi connectivity index (χ3n) is 1.71. The lowest BCUT2D eigenvalue weighted by Crippen LogP contribution is -2.26. The van der Waals surface area contributed by atoms with Gasteiger partial charge in [-0.25, -0.2) is 0 Å². The molecule has 0 aliphatic carbocycles. The van der Waals surface area contributed by atoms with Gasteiger partial charge in [0, 0.05) is 13.6 Å². The van der Waals surface area contributed by atoms with Gasteiger partial charge >= 0.3 is 0 Å². The van der Waals surface area contributed by atoms with E-state index in [0.29, 0.717) is 18.4 Å². The fraction of sp³-hybridized carbons (Fsp3) is 0.333. The highest BCUT2D eigenvalue weighted by atomic mass is 35.5. The number of hydrogen-bond donors (Lipinski definition) is 1. The molecule has 0 radical (unpaired) electrons. The van der Waals surface area contributed by atoms with Crippen molar-refractivity contribution in [2.24, 2.45) is 0 Å². The summed E-state index contributed by atoms with van der Waals surface area (Å²) in [5.41, 5.74) is 0. The molecule has 7 heteroatoms. The summed E-state index contributed by atoms with van der Waals surface area (Å²) in [6.07, 6.45) is 1.66. The summed E-state index contributed by atoms with van der Waals surface area (Å²) >= 11 is 5.74. The van der Waals surface area contributed by atoms with Gasteiger partial charge in [0.05, 0.1) is 6.07 Å². The molecule has 0 amide bonds. The van der Waals surface area contributed by atoms with Gasteiger partial charge in [0.15, 0.2) is 0 Å². The Hall–Kier alpha value is -1.87. The SMILES string of the molecule is C=CCN(CC#N)c1nc(Cl)nc(NC)n1. The number of nitriles is 1. The number of rotatable bonds is 5. The third kappa shape index (κ3) is 3.07. The highest BCUT2D eigenvalue weighted by Gasteiger charge is 2.10. The molecule has 16 heavy (non-hydrogen) atoms. The summed E-state index contributed by atoms with van der Waals surface area (Å²) in [5.74, 6) is 0.716. The first-order chi connectivity index (χ1) is 7.71. The van der Waals surface area contributed by atoms with Crippen molar-refractivity contribution in [1.29, 1.82) is 5.26 Å². The van der Waals surface area contributed by atoms with Crippen LogP contribution in [0, 0.1) is 11.3 Å². The molecule has 84 valence electrons. The lowest BCUT2D eigenvalue weighted by Gasteiger charge is -2.17. The molecule has 0 atom stereocenters. The zero-order valence-electron chi connectivity index (χ0n) is 8.81.